The summed E-state index contributed by atoms with van der Waals surface area (Å²) in [6.45, 7) is 1.44. The fourth-order valence-electron chi connectivity index (χ4n) is 2.78. The van der Waals surface area contributed by atoms with E-state index in [1.54, 1.807) is 18.2 Å². The minimum Gasteiger partial charge on any atom is -0.338 e. The monoisotopic (exact) mass is 405 g/mol. The zero-order chi connectivity index (χ0) is 17.1. The molecule has 1 aliphatic heterocycles. The molecule has 0 radical (unpaired) electrons. The van der Waals surface area contributed by atoms with Crippen LogP contribution in [0.1, 0.15) is 24.6 Å². The first-order valence-electron chi connectivity index (χ1n) is 7.57. The van der Waals surface area contributed by atoms with E-state index in [1.165, 1.54) is 0 Å². The highest BCUT2D eigenvalue weighted by Crippen LogP contribution is 2.25. The van der Waals surface area contributed by atoms with E-state index in [-0.39, 0.29) is 30.9 Å². The van der Waals surface area contributed by atoms with Crippen molar-refractivity contribution >= 4 is 47.2 Å². The van der Waals surface area contributed by atoms with Crippen LogP contribution in [0.5, 0.6) is 0 Å². The van der Waals surface area contributed by atoms with E-state index in [2.05, 4.69) is 15.5 Å². The van der Waals surface area contributed by atoms with Crippen molar-refractivity contribution in [2.45, 2.75) is 32.0 Å². The van der Waals surface area contributed by atoms with Gasteiger partial charge >= 0.3 is 0 Å². The molecule has 2 aromatic rings. The maximum absolute atomic E-state index is 12.6. The van der Waals surface area contributed by atoms with E-state index in [0.717, 1.165) is 19.4 Å². The van der Waals surface area contributed by atoms with E-state index in [0.29, 0.717) is 34.0 Å². The maximum atomic E-state index is 12.6. The first-order valence-corrected chi connectivity index (χ1v) is 8.33. The molecule has 1 amide bonds. The number of hydrogen-bond acceptors (Lipinski definition) is 6. The van der Waals surface area contributed by atoms with Gasteiger partial charge < -0.3 is 15.6 Å². The molecule has 3 N–H and O–H groups in total. The number of nitrogens with two attached hydrogens (primary N) is 1. The Bertz CT molecular complexity index is 719. The molecule has 1 fully saturated rings. The summed E-state index contributed by atoms with van der Waals surface area (Å²) >= 11 is 11.9. The number of anilines is 1. The second kappa shape index (κ2) is 8.82. The third kappa shape index (κ3) is 5.05. The summed E-state index contributed by atoms with van der Waals surface area (Å²) in [5.74, 6) is 0.813. The minimum absolute atomic E-state index is 0. The van der Waals surface area contributed by atoms with Crippen LogP contribution in [0.3, 0.4) is 0 Å². The largest absolute Gasteiger partial charge is 0.338 e. The van der Waals surface area contributed by atoms with Gasteiger partial charge in [0.2, 0.25) is 11.8 Å². The Morgan fingerprint density at radius 1 is 1.36 bits per heavy atom. The average molecular weight is 407 g/mol. The SMILES string of the molecule is Cl.NCc1nc(CN2CCCC2C(=O)Nc2cc(Cl)cc(Cl)c2)no1. The van der Waals surface area contributed by atoms with Gasteiger partial charge in [0.15, 0.2) is 5.82 Å². The summed E-state index contributed by atoms with van der Waals surface area (Å²) in [6.07, 6.45) is 1.69. The Morgan fingerprint density at radius 3 is 2.72 bits per heavy atom. The number of nitrogens with zero attached hydrogens (tertiary/aromatic N) is 3. The summed E-state index contributed by atoms with van der Waals surface area (Å²) in [7, 11) is 0. The molecule has 0 spiro atoms. The van der Waals surface area contributed by atoms with Crippen molar-refractivity contribution in [2.75, 3.05) is 11.9 Å². The second-order valence-electron chi connectivity index (χ2n) is 5.58. The molecule has 25 heavy (non-hydrogen) atoms. The predicted molar refractivity (Wildman–Crippen MR) is 98.0 cm³/mol. The molecule has 1 aliphatic rings. The highest BCUT2D eigenvalue weighted by molar-refractivity contribution is 6.35. The van der Waals surface area contributed by atoms with Crippen molar-refractivity contribution in [1.82, 2.24) is 15.0 Å². The third-order valence-corrected chi connectivity index (χ3v) is 4.26. The highest BCUT2D eigenvalue weighted by atomic mass is 35.5. The number of benzene rings is 1. The predicted octanol–water partition coefficient (Wildman–Crippen LogP) is 2.86. The zero-order valence-corrected chi connectivity index (χ0v) is 15.6. The number of likely N-dealkylation sites (tertiary alicyclic amines) is 1. The molecule has 0 aliphatic carbocycles. The van der Waals surface area contributed by atoms with Crippen molar-refractivity contribution in [3.8, 4) is 0 Å². The van der Waals surface area contributed by atoms with Crippen molar-refractivity contribution < 1.29 is 9.32 Å². The van der Waals surface area contributed by atoms with Crippen molar-refractivity contribution in [3.63, 3.8) is 0 Å². The molecule has 1 aromatic carbocycles. The molecule has 2 heterocycles. The van der Waals surface area contributed by atoms with Crippen LogP contribution in [0.25, 0.3) is 0 Å². The van der Waals surface area contributed by atoms with Gasteiger partial charge in [0.1, 0.15) is 0 Å². The lowest BCUT2D eigenvalue weighted by Crippen LogP contribution is -2.39. The first kappa shape index (κ1) is 19.9. The van der Waals surface area contributed by atoms with E-state index >= 15 is 0 Å². The van der Waals surface area contributed by atoms with Crippen LogP contribution in [0.4, 0.5) is 5.69 Å². The molecule has 0 saturated carbocycles. The molecule has 3 rings (SSSR count). The number of rotatable bonds is 5. The molecule has 136 valence electrons. The summed E-state index contributed by atoms with van der Waals surface area (Å²) in [5, 5.41) is 7.69. The second-order valence-corrected chi connectivity index (χ2v) is 6.46. The van der Waals surface area contributed by atoms with Gasteiger partial charge in [-0.15, -0.1) is 12.4 Å². The Labute approximate surface area is 161 Å². The Kier molecular flexibility index (Phi) is 7.04. The van der Waals surface area contributed by atoms with Crippen LogP contribution < -0.4 is 11.1 Å². The molecule has 1 saturated heterocycles. The van der Waals surface area contributed by atoms with Crippen molar-refractivity contribution in [1.29, 1.82) is 0 Å². The van der Waals surface area contributed by atoms with Gasteiger partial charge in [-0.2, -0.15) is 4.98 Å². The quantitative estimate of drug-likeness (QED) is 0.792. The summed E-state index contributed by atoms with van der Waals surface area (Å²) in [6, 6.07) is 4.68. The third-order valence-electron chi connectivity index (χ3n) is 3.83. The van der Waals surface area contributed by atoms with Gasteiger partial charge in [0, 0.05) is 15.7 Å². The number of halogens is 3. The van der Waals surface area contributed by atoms with Crippen LogP contribution in [0.15, 0.2) is 22.7 Å². The van der Waals surface area contributed by atoms with Gasteiger partial charge in [-0.3, -0.25) is 9.69 Å². The van der Waals surface area contributed by atoms with E-state index in [9.17, 15) is 4.79 Å². The number of carbonyl (C=O) groups excluding carboxylic acids is 1. The Hall–Kier alpha value is -1.38. The molecule has 1 atom stereocenters. The maximum Gasteiger partial charge on any atom is 0.241 e. The zero-order valence-electron chi connectivity index (χ0n) is 13.2. The van der Waals surface area contributed by atoms with Gasteiger partial charge in [-0.05, 0) is 37.6 Å². The lowest BCUT2D eigenvalue weighted by atomic mass is 10.2. The highest BCUT2D eigenvalue weighted by Gasteiger charge is 2.31. The van der Waals surface area contributed by atoms with Gasteiger partial charge in [0.05, 0.1) is 19.1 Å². The van der Waals surface area contributed by atoms with E-state index in [1.807, 2.05) is 4.90 Å². The van der Waals surface area contributed by atoms with Crippen LogP contribution in [0, 0.1) is 0 Å². The minimum atomic E-state index is -0.261. The summed E-state index contributed by atoms with van der Waals surface area (Å²) < 4.78 is 5.00. The number of carbonyl (C=O) groups is 1. The Balaban J connectivity index is 0.00000225. The average Bonchev–Trinajstić information content (AvgIpc) is 3.15. The number of aromatic nitrogens is 2. The number of nitrogens with one attached hydrogen (secondary N) is 1. The van der Waals surface area contributed by atoms with Crippen molar-refractivity contribution in [3.05, 3.63) is 40.0 Å². The van der Waals surface area contributed by atoms with E-state index in [4.69, 9.17) is 33.5 Å². The summed E-state index contributed by atoms with van der Waals surface area (Å²) in [5.41, 5.74) is 6.04. The summed E-state index contributed by atoms with van der Waals surface area (Å²) in [4.78, 5) is 18.8. The van der Waals surface area contributed by atoms with Gasteiger partial charge in [0.25, 0.3) is 0 Å². The lowest BCUT2D eigenvalue weighted by Gasteiger charge is -2.22. The lowest BCUT2D eigenvalue weighted by molar-refractivity contribution is -0.120. The van der Waals surface area contributed by atoms with E-state index < -0.39 is 0 Å². The molecular weight excluding hydrogens is 389 g/mol. The molecular formula is C15H18Cl3N5O2. The van der Waals surface area contributed by atoms with Gasteiger partial charge in [-0.25, -0.2) is 0 Å². The Morgan fingerprint density at radius 2 is 2.08 bits per heavy atom. The van der Waals surface area contributed by atoms with Crippen LogP contribution in [-0.2, 0) is 17.9 Å². The fourth-order valence-corrected chi connectivity index (χ4v) is 3.31. The van der Waals surface area contributed by atoms with Crippen LogP contribution in [-0.4, -0.2) is 33.5 Å². The first-order chi connectivity index (χ1) is 11.5. The standard InChI is InChI=1S/C15H17Cl2N5O2.ClH/c16-9-4-10(17)6-11(5-9)19-15(23)12-2-1-3-22(12)8-13-20-14(7-18)24-21-13;/h4-6,12H,1-3,7-8,18H2,(H,19,23);1H. The molecule has 0 bridgehead atoms. The molecule has 10 heteroatoms. The number of hydrogen-bond donors (Lipinski definition) is 2. The molecule has 1 aromatic heterocycles. The normalized spacial score (nSPS) is 17.3. The smallest absolute Gasteiger partial charge is 0.241 e. The van der Waals surface area contributed by atoms with Crippen LogP contribution >= 0.6 is 35.6 Å². The van der Waals surface area contributed by atoms with Gasteiger partial charge in [-0.1, -0.05) is 28.4 Å². The van der Waals surface area contributed by atoms with Crippen LogP contribution in [0.2, 0.25) is 10.0 Å². The number of amides is 1. The molecule has 1 unspecified atom stereocenters. The fraction of sp³-hybridized carbons (Fsp3) is 0.400. The molecule has 7 nitrogen and oxygen atoms in total. The topological polar surface area (TPSA) is 97.3 Å². The van der Waals surface area contributed by atoms with Crippen molar-refractivity contribution in [2.24, 2.45) is 5.73 Å².